The number of nitrogens with two attached hydrogens (primary N) is 1. The topological polar surface area (TPSA) is 84.6 Å². The average Bonchev–Trinajstić information content (AvgIpc) is 2.67. The Bertz CT molecular complexity index is 736. The number of nitrogens with zero attached hydrogens (tertiary/aromatic N) is 4. The van der Waals surface area contributed by atoms with E-state index in [0.717, 1.165) is 37.6 Å². The molecule has 1 saturated heterocycles. The Morgan fingerprint density at radius 2 is 1.92 bits per heavy atom. The van der Waals surface area contributed by atoms with Crippen molar-refractivity contribution < 1.29 is 9.53 Å². The Morgan fingerprint density at radius 1 is 1.19 bits per heavy atom. The Balaban J connectivity index is 1.46. The molecule has 3 rings (SSSR count). The van der Waals surface area contributed by atoms with Gasteiger partial charge in [-0.3, -0.25) is 9.69 Å². The Morgan fingerprint density at radius 3 is 2.62 bits per heavy atom. The molecule has 26 heavy (non-hydrogen) atoms. The number of thioether (sulfide) groups is 1. The van der Waals surface area contributed by atoms with Gasteiger partial charge in [0, 0.05) is 32.2 Å². The van der Waals surface area contributed by atoms with E-state index in [-0.39, 0.29) is 5.97 Å². The molecule has 0 atom stereocenters. The van der Waals surface area contributed by atoms with Gasteiger partial charge in [-0.1, -0.05) is 42.1 Å². The summed E-state index contributed by atoms with van der Waals surface area (Å²) < 4.78 is 5.35. The molecule has 1 fully saturated rings. The van der Waals surface area contributed by atoms with Gasteiger partial charge in [0.1, 0.15) is 18.2 Å². The van der Waals surface area contributed by atoms with Crippen LogP contribution in [-0.4, -0.2) is 59.8 Å². The average molecular weight is 373 g/mol. The summed E-state index contributed by atoms with van der Waals surface area (Å²) in [6.45, 7) is 3.75. The van der Waals surface area contributed by atoms with E-state index in [2.05, 4.69) is 19.8 Å². The number of hydrogen-bond donors (Lipinski definition) is 1. The van der Waals surface area contributed by atoms with Gasteiger partial charge in [-0.25, -0.2) is 9.97 Å². The molecule has 1 aliphatic heterocycles. The second-order valence-corrected chi connectivity index (χ2v) is 6.82. The maximum atomic E-state index is 12.0. The minimum Gasteiger partial charge on any atom is -0.460 e. The van der Waals surface area contributed by atoms with Crippen LogP contribution in [0.25, 0.3) is 0 Å². The molecular weight excluding hydrogens is 350 g/mol. The summed E-state index contributed by atoms with van der Waals surface area (Å²) in [4.78, 5) is 25.0. The molecule has 0 amide bonds. The first-order chi connectivity index (χ1) is 12.6. The van der Waals surface area contributed by atoms with Gasteiger partial charge in [-0.15, -0.1) is 0 Å². The number of esters is 1. The summed E-state index contributed by atoms with van der Waals surface area (Å²) in [5.41, 5.74) is 6.85. The largest absolute Gasteiger partial charge is 0.460 e. The Labute approximate surface area is 157 Å². The number of nitrogen functional groups attached to an aromatic ring is 1. The van der Waals surface area contributed by atoms with Crippen LogP contribution in [0.4, 0.5) is 11.6 Å². The predicted octanol–water partition coefficient (Wildman–Crippen LogP) is 1.65. The molecule has 1 aromatic carbocycles. The molecule has 138 valence electrons. The minimum atomic E-state index is -0.196. The van der Waals surface area contributed by atoms with Crippen LogP contribution in [0.5, 0.6) is 0 Å². The van der Waals surface area contributed by atoms with Crippen molar-refractivity contribution in [1.29, 1.82) is 0 Å². The number of aromatic nitrogens is 2. The lowest BCUT2D eigenvalue weighted by molar-refractivity contribution is -0.146. The van der Waals surface area contributed by atoms with E-state index in [9.17, 15) is 4.79 Å². The molecule has 2 heterocycles. The van der Waals surface area contributed by atoms with Crippen molar-refractivity contribution in [2.75, 3.05) is 49.6 Å². The number of hydrogen-bond acceptors (Lipinski definition) is 8. The Kier molecular flexibility index (Phi) is 6.30. The van der Waals surface area contributed by atoms with Crippen molar-refractivity contribution in [2.24, 2.45) is 0 Å². The van der Waals surface area contributed by atoms with Crippen LogP contribution in [0.3, 0.4) is 0 Å². The van der Waals surface area contributed by atoms with Gasteiger partial charge in [-0.05, 0) is 11.8 Å². The number of piperazine rings is 1. The summed E-state index contributed by atoms with van der Waals surface area (Å²) in [5.74, 6) is 1.12. The molecule has 0 spiro atoms. The van der Waals surface area contributed by atoms with E-state index < -0.39 is 0 Å². The molecule has 7 nitrogen and oxygen atoms in total. The molecule has 8 heteroatoms. The van der Waals surface area contributed by atoms with Crippen molar-refractivity contribution in [2.45, 2.75) is 11.8 Å². The SMILES string of the molecule is CSc1nc(N)cc(N2CCN(CC(=O)OCc3ccccc3)CC2)n1. The molecule has 1 aromatic heterocycles. The summed E-state index contributed by atoms with van der Waals surface area (Å²) >= 11 is 1.47. The van der Waals surface area contributed by atoms with E-state index in [1.165, 1.54) is 11.8 Å². The van der Waals surface area contributed by atoms with Crippen LogP contribution >= 0.6 is 11.8 Å². The lowest BCUT2D eigenvalue weighted by Crippen LogP contribution is -2.48. The highest BCUT2D eigenvalue weighted by atomic mass is 32.2. The van der Waals surface area contributed by atoms with Gasteiger partial charge in [0.15, 0.2) is 5.16 Å². The van der Waals surface area contributed by atoms with Crippen molar-refractivity contribution in [3.8, 4) is 0 Å². The van der Waals surface area contributed by atoms with E-state index in [0.29, 0.717) is 24.1 Å². The fourth-order valence-electron chi connectivity index (χ4n) is 2.78. The van der Waals surface area contributed by atoms with Gasteiger partial charge in [0.05, 0.1) is 6.54 Å². The number of rotatable bonds is 6. The van der Waals surface area contributed by atoms with Crippen molar-refractivity contribution in [3.63, 3.8) is 0 Å². The zero-order valence-electron chi connectivity index (χ0n) is 14.8. The van der Waals surface area contributed by atoms with Crippen LogP contribution in [0.1, 0.15) is 5.56 Å². The quantitative estimate of drug-likeness (QED) is 0.465. The zero-order valence-corrected chi connectivity index (χ0v) is 15.6. The number of benzene rings is 1. The molecule has 2 N–H and O–H groups in total. The summed E-state index contributed by atoms with van der Waals surface area (Å²) in [6, 6.07) is 11.5. The molecule has 0 saturated carbocycles. The lowest BCUT2D eigenvalue weighted by Gasteiger charge is -2.34. The van der Waals surface area contributed by atoms with E-state index in [1.54, 1.807) is 6.07 Å². The highest BCUT2D eigenvalue weighted by molar-refractivity contribution is 7.98. The molecule has 0 bridgehead atoms. The monoisotopic (exact) mass is 373 g/mol. The summed E-state index contributed by atoms with van der Waals surface area (Å²) in [7, 11) is 0. The number of ether oxygens (including phenoxy) is 1. The van der Waals surface area contributed by atoms with Gasteiger partial charge >= 0.3 is 5.97 Å². The van der Waals surface area contributed by atoms with Crippen LogP contribution in [0, 0.1) is 0 Å². The zero-order chi connectivity index (χ0) is 18.4. The van der Waals surface area contributed by atoms with Crippen LogP contribution in [-0.2, 0) is 16.1 Å². The van der Waals surface area contributed by atoms with Gasteiger partial charge < -0.3 is 15.4 Å². The van der Waals surface area contributed by atoms with Crippen LogP contribution in [0.15, 0.2) is 41.6 Å². The number of anilines is 2. The lowest BCUT2D eigenvalue weighted by atomic mass is 10.2. The standard InChI is InChI=1S/C18H23N5O2S/c1-26-18-20-15(19)11-16(21-18)23-9-7-22(8-10-23)12-17(24)25-13-14-5-3-2-4-6-14/h2-6,11H,7-10,12-13H2,1H3,(H2,19,20,21). The number of carbonyl (C=O) groups excluding carboxylic acids is 1. The van der Waals surface area contributed by atoms with Crippen molar-refractivity contribution >= 4 is 29.4 Å². The van der Waals surface area contributed by atoms with E-state index in [4.69, 9.17) is 10.5 Å². The van der Waals surface area contributed by atoms with Gasteiger partial charge in [0.2, 0.25) is 0 Å². The van der Waals surface area contributed by atoms with E-state index in [1.807, 2.05) is 36.6 Å². The maximum absolute atomic E-state index is 12.0. The third kappa shape index (κ3) is 5.09. The first kappa shape index (κ1) is 18.5. The van der Waals surface area contributed by atoms with E-state index >= 15 is 0 Å². The molecule has 1 aliphatic rings. The van der Waals surface area contributed by atoms with Crippen molar-refractivity contribution in [1.82, 2.24) is 14.9 Å². The normalized spacial score (nSPS) is 15.0. The number of carbonyl (C=O) groups is 1. The smallest absolute Gasteiger partial charge is 0.320 e. The first-order valence-corrected chi connectivity index (χ1v) is 9.72. The fourth-order valence-corrected chi connectivity index (χ4v) is 3.17. The third-order valence-corrected chi connectivity index (χ3v) is 4.73. The predicted molar refractivity (Wildman–Crippen MR) is 103 cm³/mol. The molecule has 2 aromatic rings. The first-order valence-electron chi connectivity index (χ1n) is 8.49. The highest BCUT2D eigenvalue weighted by Gasteiger charge is 2.21. The molecule has 0 aliphatic carbocycles. The summed E-state index contributed by atoms with van der Waals surface area (Å²) in [6.07, 6.45) is 1.93. The van der Waals surface area contributed by atoms with Crippen LogP contribution in [0.2, 0.25) is 0 Å². The molecule has 0 radical (unpaired) electrons. The van der Waals surface area contributed by atoms with Crippen molar-refractivity contribution in [3.05, 3.63) is 42.0 Å². The molecule has 0 unspecified atom stereocenters. The van der Waals surface area contributed by atoms with Gasteiger partial charge in [0.25, 0.3) is 0 Å². The highest BCUT2D eigenvalue weighted by Crippen LogP contribution is 2.20. The van der Waals surface area contributed by atoms with Crippen LogP contribution < -0.4 is 10.6 Å². The maximum Gasteiger partial charge on any atom is 0.320 e. The second kappa shape index (κ2) is 8.86. The summed E-state index contributed by atoms with van der Waals surface area (Å²) in [5, 5.41) is 0.673. The second-order valence-electron chi connectivity index (χ2n) is 6.05. The third-order valence-electron chi connectivity index (χ3n) is 4.19. The molecular formula is C18H23N5O2S. The Hall–Kier alpha value is -2.32. The fraction of sp³-hybridized carbons (Fsp3) is 0.389. The minimum absolute atomic E-state index is 0.196. The van der Waals surface area contributed by atoms with Gasteiger partial charge in [-0.2, -0.15) is 0 Å².